The predicted octanol–water partition coefficient (Wildman–Crippen LogP) is 1.21. The molecule has 21 heavy (non-hydrogen) atoms. The average Bonchev–Trinajstić information content (AvgIpc) is 2.89. The Morgan fingerprint density at radius 3 is 2.76 bits per heavy atom. The first-order valence-corrected chi connectivity index (χ1v) is 7.84. The Bertz CT molecular complexity index is 615. The van der Waals surface area contributed by atoms with E-state index in [0.29, 0.717) is 12.1 Å². The quantitative estimate of drug-likeness (QED) is 0.622. The minimum Gasteiger partial charge on any atom is -0.316 e. The number of hydrogen-bond acceptors (Lipinski definition) is 5. The molecule has 1 aliphatic rings. The van der Waals surface area contributed by atoms with Crippen LogP contribution >= 0.6 is 12.4 Å². The standard InChI is InChI=1S/C12H17N3O4S.ClH/c1-9-2-3-11(6-12(9)15(16)17)20(18,19)14-8-10-4-5-13-7-10;/h2-3,6,10,13-14H,4-5,7-8H2,1H3;1H. The Kier molecular flexibility index (Phi) is 6.09. The Balaban J connectivity index is 0.00000220. The molecule has 1 aromatic carbocycles. The highest BCUT2D eigenvalue weighted by Crippen LogP contribution is 2.22. The van der Waals surface area contributed by atoms with Gasteiger partial charge in [0, 0.05) is 18.2 Å². The maximum Gasteiger partial charge on any atom is 0.273 e. The van der Waals surface area contributed by atoms with Crippen LogP contribution in [0.4, 0.5) is 5.69 Å². The fraction of sp³-hybridized carbons (Fsp3) is 0.500. The number of halogens is 1. The van der Waals surface area contributed by atoms with Crippen LogP contribution in [-0.2, 0) is 10.0 Å². The van der Waals surface area contributed by atoms with E-state index >= 15 is 0 Å². The third kappa shape index (κ3) is 4.37. The first kappa shape index (κ1) is 17.8. The first-order chi connectivity index (χ1) is 9.40. The minimum atomic E-state index is -3.70. The summed E-state index contributed by atoms with van der Waals surface area (Å²) in [6.07, 6.45) is 0.927. The Hall–Kier alpha value is -1.22. The molecule has 0 amide bonds. The van der Waals surface area contributed by atoms with E-state index in [1.807, 2.05) is 0 Å². The SMILES string of the molecule is Cc1ccc(S(=O)(=O)NCC2CCNC2)cc1[N+](=O)[O-].Cl. The lowest BCUT2D eigenvalue weighted by Crippen LogP contribution is -2.30. The predicted molar refractivity (Wildman–Crippen MR) is 81.2 cm³/mol. The highest BCUT2D eigenvalue weighted by atomic mass is 35.5. The number of nitrogens with one attached hydrogen (secondary N) is 2. The molecule has 1 saturated heterocycles. The molecule has 0 saturated carbocycles. The largest absolute Gasteiger partial charge is 0.316 e. The van der Waals surface area contributed by atoms with Gasteiger partial charge in [0.2, 0.25) is 10.0 Å². The molecular formula is C12H18ClN3O4S. The zero-order valence-electron chi connectivity index (χ0n) is 11.5. The summed E-state index contributed by atoms with van der Waals surface area (Å²) < 4.78 is 26.8. The average molecular weight is 336 g/mol. The molecule has 7 nitrogen and oxygen atoms in total. The van der Waals surface area contributed by atoms with E-state index in [2.05, 4.69) is 10.0 Å². The van der Waals surface area contributed by atoms with Gasteiger partial charge in [-0.25, -0.2) is 13.1 Å². The molecule has 0 radical (unpaired) electrons. The van der Waals surface area contributed by atoms with Crippen LogP contribution in [0, 0.1) is 23.0 Å². The summed E-state index contributed by atoms with van der Waals surface area (Å²) in [5.41, 5.74) is 0.254. The van der Waals surface area contributed by atoms with Gasteiger partial charge >= 0.3 is 0 Å². The summed E-state index contributed by atoms with van der Waals surface area (Å²) >= 11 is 0. The van der Waals surface area contributed by atoms with E-state index in [9.17, 15) is 18.5 Å². The third-order valence-electron chi connectivity index (χ3n) is 3.41. The minimum absolute atomic E-state index is 0. The van der Waals surface area contributed by atoms with Crippen molar-refractivity contribution in [1.82, 2.24) is 10.0 Å². The van der Waals surface area contributed by atoms with Gasteiger partial charge < -0.3 is 5.32 Å². The normalized spacial score (nSPS) is 18.2. The second-order valence-corrected chi connectivity index (χ2v) is 6.68. The maximum absolute atomic E-state index is 12.1. The van der Waals surface area contributed by atoms with Crippen LogP contribution in [-0.4, -0.2) is 33.0 Å². The van der Waals surface area contributed by atoms with Crippen LogP contribution in [0.1, 0.15) is 12.0 Å². The van der Waals surface area contributed by atoms with Crippen molar-refractivity contribution < 1.29 is 13.3 Å². The number of benzene rings is 1. The summed E-state index contributed by atoms with van der Waals surface area (Å²) in [6.45, 7) is 3.60. The fourth-order valence-electron chi connectivity index (χ4n) is 2.15. The zero-order valence-corrected chi connectivity index (χ0v) is 13.2. The second kappa shape index (κ2) is 7.17. The molecule has 1 aliphatic heterocycles. The summed E-state index contributed by atoms with van der Waals surface area (Å²) in [4.78, 5) is 10.2. The molecule has 2 N–H and O–H groups in total. The second-order valence-electron chi connectivity index (χ2n) is 4.92. The van der Waals surface area contributed by atoms with Crippen LogP contribution in [0.25, 0.3) is 0 Å². The number of nitrogens with zero attached hydrogens (tertiary/aromatic N) is 1. The molecule has 1 heterocycles. The van der Waals surface area contributed by atoms with Gasteiger partial charge in [-0.1, -0.05) is 6.07 Å². The highest BCUT2D eigenvalue weighted by Gasteiger charge is 2.22. The van der Waals surface area contributed by atoms with Gasteiger partial charge in [-0.3, -0.25) is 10.1 Å². The number of nitro benzene ring substituents is 1. The van der Waals surface area contributed by atoms with E-state index in [1.165, 1.54) is 12.1 Å². The van der Waals surface area contributed by atoms with Gasteiger partial charge in [-0.15, -0.1) is 12.4 Å². The molecule has 0 spiro atoms. The summed E-state index contributed by atoms with van der Waals surface area (Å²) in [5.74, 6) is 0.269. The van der Waals surface area contributed by atoms with Crippen molar-refractivity contribution in [3.05, 3.63) is 33.9 Å². The number of aryl methyl sites for hydroxylation is 1. The summed E-state index contributed by atoms with van der Waals surface area (Å²) in [6, 6.07) is 3.94. The monoisotopic (exact) mass is 335 g/mol. The Morgan fingerprint density at radius 2 is 2.19 bits per heavy atom. The Morgan fingerprint density at radius 1 is 1.48 bits per heavy atom. The van der Waals surface area contributed by atoms with Gasteiger partial charge in [0.05, 0.1) is 9.82 Å². The van der Waals surface area contributed by atoms with E-state index < -0.39 is 14.9 Å². The summed E-state index contributed by atoms with van der Waals surface area (Å²) in [7, 11) is -3.70. The van der Waals surface area contributed by atoms with Crippen LogP contribution in [0.15, 0.2) is 23.1 Å². The van der Waals surface area contributed by atoms with Crippen molar-refractivity contribution in [1.29, 1.82) is 0 Å². The lowest BCUT2D eigenvalue weighted by molar-refractivity contribution is -0.385. The molecule has 1 aromatic rings. The fourth-order valence-corrected chi connectivity index (χ4v) is 3.29. The van der Waals surface area contributed by atoms with E-state index in [1.54, 1.807) is 6.92 Å². The van der Waals surface area contributed by atoms with Crippen molar-refractivity contribution in [2.45, 2.75) is 18.2 Å². The van der Waals surface area contributed by atoms with E-state index in [-0.39, 0.29) is 28.9 Å². The van der Waals surface area contributed by atoms with Gasteiger partial charge in [0.25, 0.3) is 5.69 Å². The van der Waals surface area contributed by atoms with Crippen LogP contribution in [0.3, 0.4) is 0 Å². The lowest BCUT2D eigenvalue weighted by Gasteiger charge is -2.11. The number of nitro groups is 1. The van der Waals surface area contributed by atoms with Crippen molar-refractivity contribution in [2.75, 3.05) is 19.6 Å². The molecule has 0 aromatic heterocycles. The molecule has 0 bridgehead atoms. The van der Waals surface area contributed by atoms with Crippen LogP contribution in [0.2, 0.25) is 0 Å². The third-order valence-corrected chi connectivity index (χ3v) is 4.83. The number of sulfonamides is 1. The lowest BCUT2D eigenvalue weighted by atomic mass is 10.1. The van der Waals surface area contributed by atoms with Crippen molar-refractivity contribution >= 4 is 28.1 Å². The van der Waals surface area contributed by atoms with Crippen LogP contribution in [0.5, 0.6) is 0 Å². The zero-order chi connectivity index (χ0) is 14.8. The van der Waals surface area contributed by atoms with Gasteiger partial charge in [0.15, 0.2) is 0 Å². The van der Waals surface area contributed by atoms with Gasteiger partial charge in [0.1, 0.15) is 0 Å². The number of rotatable bonds is 5. The van der Waals surface area contributed by atoms with Gasteiger partial charge in [-0.2, -0.15) is 0 Å². The maximum atomic E-state index is 12.1. The summed E-state index contributed by atoms with van der Waals surface area (Å²) in [5, 5.41) is 14.0. The van der Waals surface area contributed by atoms with Crippen molar-refractivity contribution in [3.63, 3.8) is 0 Å². The molecule has 0 aliphatic carbocycles. The molecular weight excluding hydrogens is 318 g/mol. The Labute approximate surface area is 129 Å². The van der Waals surface area contributed by atoms with E-state index in [4.69, 9.17) is 0 Å². The van der Waals surface area contributed by atoms with E-state index in [0.717, 1.165) is 25.6 Å². The van der Waals surface area contributed by atoms with Gasteiger partial charge in [-0.05, 0) is 38.4 Å². The van der Waals surface area contributed by atoms with Crippen LogP contribution < -0.4 is 10.0 Å². The molecule has 1 fully saturated rings. The molecule has 9 heteroatoms. The molecule has 2 rings (SSSR count). The van der Waals surface area contributed by atoms with Crippen molar-refractivity contribution in [3.8, 4) is 0 Å². The number of hydrogen-bond donors (Lipinski definition) is 2. The molecule has 118 valence electrons. The molecule has 1 unspecified atom stereocenters. The topological polar surface area (TPSA) is 101 Å². The first-order valence-electron chi connectivity index (χ1n) is 6.35. The highest BCUT2D eigenvalue weighted by molar-refractivity contribution is 7.89. The van der Waals surface area contributed by atoms with Crippen molar-refractivity contribution in [2.24, 2.45) is 5.92 Å². The smallest absolute Gasteiger partial charge is 0.273 e. The molecule has 1 atom stereocenters.